The number of carbonyl (C=O) groups is 2. The topological polar surface area (TPSA) is 108 Å². The number of methoxy groups -OCH3 is 2. The molecule has 172 valence electrons. The Morgan fingerprint density at radius 1 is 1.09 bits per heavy atom. The molecule has 1 fully saturated rings. The maximum absolute atomic E-state index is 12.6. The van der Waals surface area contributed by atoms with Crippen LogP contribution in [0.1, 0.15) is 28.3 Å². The van der Waals surface area contributed by atoms with E-state index in [0.29, 0.717) is 30.0 Å². The number of rotatable bonds is 9. The lowest BCUT2D eigenvalue weighted by atomic mass is 9.96. The van der Waals surface area contributed by atoms with Crippen LogP contribution in [0.2, 0.25) is 0 Å². The van der Waals surface area contributed by atoms with Crippen LogP contribution in [0.15, 0.2) is 42.5 Å². The van der Waals surface area contributed by atoms with E-state index in [1.54, 1.807) is 41.3 Å². The lowest BCUT2D eigenvalue weighted by Gasteiger charge is -2.18. The summed E-state index contributed by atoms with van der Waals surface area (Å²) in [7, 11) is -0.709. The summed E-state index contributed by atoms with van der Waals surface area (Å²) < 4.78 is 42.1. The van der Waals surface area contributed by atoms with E-state index < -0.39 is 16.1 Å². The van der Waals surface area contributed by atoms with Gasteiger partial charge >= 0.3 is 5.97 Å². The van der Waals surface area contributed by atoms with Crippen LogP contribution in [0.4, 0.5) is 5.69 Å². The third-order valence-electron chi connectivity index (χ3n) is 5.03. The van der Waals surface area contributed by atoms with Crippen molar-refractivity contribution in [2.45, 2.75) is 12.3 Å². The van der Waals surface area contributed by atoms with Gasteiger partial charge in [0.2, 0.25) is 5.91 Å². The molecule has 1 atom stereocenters. The third-order valence-corrected chi connectivity index (χ3v) is 5.62. The average molecular weight is 464 g/mol. The lowest BCUT2D eigenvalue weighted by molar-refractivity contribution is -0.117. The summed E-state index contributed by atoms with van der Waals surface area (Å²) in [5.41, 5.74) is 1.96. The predicted octanol–water partition coefficient (Wildman–Crippen LogP) is 2.36. The molecule has 2 aromatic rings. The zero-order valence-electron chi connectivity index (χ0n) is 18.1. The molecule has 9 nitrogen and oxygen atoms in total. The van der Waals surface area contributed by atoms with Crippen LogP contribution in [0.5, 0.6) is 11.5 Å². The fourth-order valence-corrected chi connectivity index (χ4v) is 3.86. The first-order chi connectivity index (χ1) is 15.2. The summed E-state index contributed by atoms with van der Waals surface area (Å²) in [4.78, 5) is 26.2. The molecule has 3 rings (SSSR count). The molecule has 0 radical (unpaired) electrons. The highest BCUT2D eigenvalue weighted by Crippen LogP contribution is 2.34. The first-order valence-electron chi connectivity index (χ1n) is 9.85. The highest BCUT2D eigenvalue weighted by atomic mass is 32.2. The minimum absolute atomic E-state index is 0.0127. The second-order valence-corrected chi connectivity index (χ2v) is 8.87. The van der Waals surface area contributed by atoms with Crippen molar-refractivity contribution in [1.82, 2.24) is 0 Å². The van der Waals surface area contributed by atoms with E-state index >= 15 is 0 Å². The van der Waals surface area contributed by atoms with E-state index in [2.05, 4.69) is 4.18 Å². The number of carbonyl (C=O) groups excluding carboxylic acids is 2. The molecule has 1 saturated heterocycles. The van der Waals surface area contributed by atoms with Crippen molar-refractivity contribution in [2.75, 3.05) is 45.1 Å². The summed E-state index contributed by atoms with van der Waals surface area (Å²) >= 11 is 0. The number of anilines is 1. The molecule has 0 aliphatic carbocycles. The van der Waals surface area contributed by atoms with Crippen LogP contribution in [0.25, 0.3) is 0 Å². The Morgan fingerprint density at radius 2 is 1.81 bits per heavy atom. The largest absolute Gasteiger partial charge is 0.496 e. The second kappa shape index (κ2) is 10.0. The maximum atomic E-state index is 12.6. The van der Waals surface area contributed by atoms with E-state index in [9.17, 15) is 18.0 Å². The van der Waals surface area contributed by atoms with Crippen molar-refractivity contribution in [3.05, 3.63) is 53.6 Å². The minimum Gasteiger partial charge on any atom is -0.496 e. The molecule has 2 aromatic carbocycles. The van der Waals surface area contributed by atoms with Gasteiger partial charge in [-0.05, 0) is 42.0 Å². The summed E-state index contributed by atoms with van der Waals surface area (Å²) in [6, 6.07) is 12.2. The van der Waals surface area contributed by atoms with Gasteiger partial charge in [0, 0.05) is 24.6 Å². The van der Waals surface area contributed by atoms with E-state index in [-0.39, 0.29) is 25.0 Å². The molecule has 10 heteroatoms. The molecule has 32 heavy (non-hydrogen) atoms. The molecule has 0 saturated carbocycles. The summed E-state index contributed by atoms with van der Waals surface area (Å²) in [5.74, 6) is 0.398. The van der Waals surface area contributed by atoms with Gasteiger partial charge in [0.25, 0.3) is 10.1 Å². The van der Waals surface area contributed by atoms with Crippen LogP contribution < -0.4 is 14.4 Å². The van der Waals surface area contributed by atoms with Crippen molar-refractivity contribution in [1.29, 1.82) is 0 Å². The number of esters is 1. The number of benzene rings is 2. The van der Waals surface area contributed by atoms with E-state index in [1.807, 2.05) is 6.07 Å². The monoisotopic (exact) mass is 463 g/mol. The number of nitrogens with zero attached hydrogens (tertiary/aromatic N) is 1. The fourth-order valence-electron chi connectivity index (χ4n) is 3.49. The SMILES string of the molecule is COC(=O)c1ccc(C2CC(=O)N(c3ccc(OCCOS(C)(=O)=O)cc3)C2)cc1OC. The highest BCUT2D eigenvalue weighted by molar-refractivity contribution is 7.85. The smallest absolute Gasteiger partial charge is 0.341 e. The highest BCUT2D eigenvalue weighted by Gasteiger charge is 2.32. The van der Waals surface area contributed by atoms with Gasteiger partial charge in [-0.2, -0.15) is 8.42 Å². The van der Waals surface area contributed by atoms with Gasteiger partial charge < -0.3 is 19.1 Å². The minimum atomic E-state index is -3.50. The predicted molar refractivity (Wildman–Crippen MR) is 117 cm³/mol. The molecule has 1 aliphatic rings. The van der Waals surface area contributed by atoms with Crippen LogP contribution >= 0.6 is 0 Å². The van der Waals surface area contributed by atoms with Crippen molar-refractivity contribution >= 4 is 27.7 Å². The number of hydrogen-bond acceptors (Lipinski definition) is 8. The Hall–Kier alpha value is -3.11. The standard InChI is InChI=1S/C22H25NO8S/c1-28-20-12-15(4-9-19(20)22(25)29-2)16-13-21(24)23(14-16)17-5-7-18(8-6-17)30-10-11-31-32(3,26)27/h4-9,12,16H,10-11,13-14H2,1-3H3. The van der Waals surface area contributed by atoms with Gasteiger partial charge in [0.05, 0.1) is 20.5 Å². The van der Waals surface area contributed by atoms with Crippen LogP contribution in [0, 0.1) is 0 Å². The van der Waals surface area contributed by atoms with Crippen LogP contribution in [0.3, 0.4) is 0 Å². The molecular weight excluding hydrogens is 438 g/mol. The maximum Gasteiger partial charge on any atom is 0.341 e. The normalized spacial score (nSPS) is 16.2. The Kier molecular flexibility index (Phi) is 7.37. The van der Waals surface area contributed by atoms with Crippen molar-refractivity contribution < 1.29 is 36.4 Å². The van der Waals surface area contributed by atoms with Crippen molar-refractivity contribution in [3.63, 3.8) is 0 Å². The molecule has 0 aromatic heterocycles. The van der Waals surface area contributed by atoms with E-state index in [1.165, 1.54) is 14.2 Å². The second-order valence-electron chi connectivity index (χ2n) is 7.23. The molecule has 0 bridgehead atoms. The zero-order chi connectivity index (χ0) is 23.3. The van der Waals surface area contributed by atoms with Crippen LogP contribution in [-0.2, 0) is 23.8 Å². The molecule has 0 spiro atoms. The van der Waals surface area contributed by atoms with Gasteiger partial charge in [-0.3, -0.25) is 8.98 Å². The van der Waals surface area contributed by atoms with Gasteiger partial charge in [-0.15, -0.1) is 0 Å². The quantitative estimate of drug-likeness (QED) is 0.317. The number of ether oxygens (including phenoxy) is 3. The average Bonchev–Trinajstić information content (AvgIpc) is 3.17. The van der Waals surface area contributed by atoms with Gasteiger partial charge in [0.15, 0.2) is 0 Å². The molecular formula is C22H25NO8S. The van der Waals surface area contributed by atoms with Gasteiger partial charge in [-0.25, -0.2) is 4.79 Å². The van der Waals surface area contributed by atoms with Gasteiger partial charge in [-0.1, -0.05) is 6.07 Å². The lowest BCUT2D eigenvalue weighted by Crippen LogP contribution is -2.24. The molecule has 1 unspecified atom stereocenters. The Bertz CT molecular complexity index is 1080. The molecule has 1 amide bonds. The Morgan fingerprint density at radius 3 is 2.44 bits per heavy atom. The van der Waals surface area contributed by atoms with Crippen molar-refractivity contribution in [3.8, 4) is 11.5 Å². The first kappa shape index (κ1) is 23.6. The van der Waals surface area contributed by atoms with Crippen molar-refractivity contribution in [2.24, 2.45) is 0 Å². The number of hydrogen-bond donors (Lipinski definition) is 0. The summed E-state index contributed by atoms with van der Waals surface area (Å²) in [5, 5.41) is 0. The molecule has 1 heterocycles. The van der Waals surface area contributed by atoms with E-state index in [0.717, 1.165) is 17.5 Å². The zero-order valence-corrected chi connectivity index (χ0v) is 18.9. The Balaban J connectivity index is 1.65. The molecule has 1 aliphatic heterocycles. The Labute approximate surface area is 187 Å². The van der Waals surface area contributed by atoms with Crippen LogP contribution in [-0.4, -0.2) is 60.5 Å². The van der Waals surface area contributed by atoms with E-state index in [4.69, 9.17) is 14.2 Å². The fraction of sp³-hybridized carbons (Fsp3) is 0.364. The third kappa shape index (κ3) is 5.77. The van der Waals surface area contributed by atoms with Gasteiger partial charge in [0.1, 0.15) is 30.3 Å². The summed E-state index contributed by atoms with van der Waals surface area (Å²) in [6.45, 7) is 0.494. The molecule has 0 N–H and O–H groups in total. The first-order valence-corrected chi connectivity index (χ1v) is 11.7. The number of amides is 1. The summed E-state index contributed by atoms with van der Waals surface area (Å²) in [6.07, 6.45) is 1.31.